The van der Waals surface area contributed by atoms with Gasteiger partial charge in [-0.3, -0.25) is 0 Å². The fourth-order valence-corrected chi connectivity index (χ4v) is 3.45. The van der Waals surface area contributed by atoms with E-state index in [0.717, 1.165) is 37.0 Å². The maximum Gasteiger partial charge on any atom is 0.150 e. The van der Waals surface area contributed by atoms with Crippen LogP contribution in [-0.2, 0) is 12.0 Å². The summed E-state index contributed by atoms with van der Waals surface area (Å²) in [5, 5.41) is 1.03. The molecule has 5 heteroatoms. The standard InChI is InChI=1S/C14H17Br2NO2/c1-14(2,3)11-9(6-17)19-13-7(15)5-8(18-4)12(16)10(11)13/h5H,6,17H2,1-4H3. The van der Waals surface area contributed by atoms with Crippen molar-refractivity contribution in [2.75, 3.05) is 7.11 Å². The highest BCUT2D eigenvalue weighted by atomic mass is 79.9. The topological polar surface area (TPSA) is 48.4 Å². The molecular formula is C14H17Br2NO2. The number of hydrogen-bond donors (Lipinski definition) is 1. The van der Waals surface area contributed by atoms with Gasteiger partial charge in [-0.15, -0.1) is 0 Å². The summed E-state index contributed by atoms with van der Waals surface area (Å²) in [5.41, 5.74) is 7.69. The largest absolute Gasteiger partial charge is 0.496 e. The normalized spacial score (nSPS) is 12.2. The Bertz CT molecular complexity index is 627. The first-order valence-electron chi connectivity index (χ1n) is 5.99. The summed E-state index contributed by atoms with van der Waals surface area (Å²) in [6, 6.07) is 1.89. The van der Waals surface area contributed by atoms with Crippen molar-refractivity contribution in [1.29, 1.82) is 0 Å². The third-order valence-corrected chi connectivity index (χ3v) is 4.42. The predicted molar refractivity (Wildman–Crippen MR) is 84.8 cm³/mol. The molecule has 0 radical (unpaired) electrons. The number of nitrogens with two attached hydrogens (primary N) is 1. The molecule has 104 valence electrons. The van der Waals surface area contributed by atoms with Crippen molar-refractivity contribution in [3.8, 4) is 5.75 Å². The number of fused-ring (bicyclic) bond motifs is 1. The summed E-state index contributed by atoms with van der Waals surface area (Å²) in [6.07, 6.45) is 0. The van der Waals surface area contributed by atoms with E-state index in [4.69, 9.17) is 14.9 Å². The van der Waals surface area contributed by atoms with Gasteiger partial charge < -0.3 is 14.9 Å². The Morgan fingerprint density at radius 3 is 2.42 bits per heavy atom. The summed E-state index contributed by atoms with van der Waals surface area (Å²) < 4.78 is 13.1. The fourth-order valence-electron chi connectivity index (χ4n) is 2.31. The third-order valence-electron chi connectivity index (χ3n) is 3.05. The van der Waals surface area contributed by atoms with Gasteiger partial charge in [-0.05, 0) is 43.3 Å². The van der Waals surface area contributed by atoms with Gasteiger partial charge in [-0.25, -0.2) is 0 Å². The van der Waals surface area contributed by atoms with E-state index in [0.29, 0.717) is 6.54 Å². The van der Waals surface area contributed by atoms with Crippen LogP contribution < -0.4 is 10.5 Å². The zero-order chi connectivity index (χ0) is 14.4. The predicted octanol–water partition coefficient (Wildman–Crippen LogP) is 4.72. The van der Waals surface area contributed by atoms with E-state index in [1.165, 1.54) is 0 Å². The summed E-state index contributed by atoms with van der Waals surface area (Å²) >= 11 is 7.15. The van der Waals surface area contributed by atoms with E-state index in [2.05, 4.69) is 52.6 Å². The number of furan rings is 1. The first-order valence-corrected chi connectivity index (χ1v) is 7.57. The van der Waals surface area contributed by atoms with Crippen molar-refractivity contribution in [2.45, 2.75) is 32.7 Å². The quantitative estimate of drug-likeness (QED) is 0.806. The van der Waals surface area contributed by atoms with E-state index >= 15 is 0 Å². The molecule has 0 saturated heterocycles. The zero-order valence-electron chi connectivity index (χ0n) is 11.4. The van der Waals surface area contributed by atoms with E-state index in [-0.39, 0.29) is 5.41 Å². The highest BCUT2D eigenvalue weighted by molar-refractivity contribution is 9.11. The van der Waals surface area contributed by atoms with Crippen LogP contribution in [0.3, 0.4) is 0 Å². The van der Waals surface area contributed by atoms with Gasteiger partial charge in [0.05, 0.1) is 22.6 Å². The molecule has 0 amide bonds. The lowest BCUT2D eigenvalue weighted by molar-refractivity contribution is 0.412. The van der Waals surface area contributed by atoms with Gasteiger partial charge in [0.15, 0.2) is 0 Å². The van der Waals surface area contributed by atoms with Gasteiger partial charge in [0.25, 0.3) is 0 Å². The lowest BCUT2D eigenvalue weighted by Crippen LogP contribution is -2.14. The van der Waals surface area contributed by atoms with Gasteiger partial charge in [0, 0.05) is 10.9 Å². The van der Waals surface area contributed by atoms with Crippen molar-refractivity contribution in [3.63, 3.8) is 0 Å². The number of ether oxygens (including phenoxy) is 1. The monoisotopic (exact) mass is 389 g/mol. The first-order chi connectivity index (χ1) is 8.81. The Morgan fingerprint density at radius 1 is 1.32 bits per heavy atom. The van der Waals surface area contributed by atoms with E-state index in [1.807, 2.05) is 6.07 Å². The average molecular weight is 391 g/mol. The third kappa shape index (κ3) is 2.43. The molecular weight excluding hydrogens is 374 g/mol. The maximum absolute atomic E-state index is 5.93. The minimum atomic E-state index is -0.0612. The number of methoxy groups -OCH3 is 1. The average Bonchev–Trinajstić information content (AvgIpc) is 2.73. The Hall–Kier alpha value is -0.520. The van der Waals surface area contributed by atoms with Gasteiger partial charge >= 0.3 is 0 Å². The number of halogens is 2. The molecule has 0 aliphatic heterocycles. The molecule has 0 saturated carbocycles. The Kier molecular flexibility index (Phi) is 4.00. The zero-order valence-corrected chi connectivity index (χ0v) is 14.6. The Morgan fingerprint density at radius 2 is 1.95 bits per heavy atom. The molecule has 0 aliphatic carbocycles. The van der Waals surface area contributed by atoms with Crippen molar-refractivity contribution < 1.29 is 9.15 Å². The number of rotatable bonds is 2. The Balaban J connectivity index is 2.96. The molecule has 2 aromatic rings. The van der Waals surface area contributed by atoms with E-state index in [9.17, 15) is 0 Å². The van der Waals surface area contributed by atoms with Crippen LogP contribution in [0, 0.1) is 0 Å². The summed E-state index contributed by atoms with van der Waals surface area (Å²) in [7, 11) is 1.65. The smallest absolute Gasteiger partial charge is 0.150 e. The molecule has 1 aromatic carbocycles. The summed E-state index contributed by atoms with van der Waals surface area (Å²) in [6.45, 7) is 6.82. The second-order valence-corrected chi connectivity index (χ2v) is 7.08. The molecule has 0 aliphatic rings. The van der Waals surface area contributed by atoms with E-state index < -0.39 is 0 Å². The van der Waals surface area contributed by atoms with Gasteiger partial charge in [-0.1, -0.05) is 20.8 Å². The molecule has 19 heavy (non-hydrogen) atoms. The van der Waals surface area contributed by atoms with Crippen LogP contribution in [-0.4, -0.2) is 7.11 Å². The Labute approximate surface area is 129 Å². The van der Waals surface area contributed by atoms with Crippen molar-refractivity contribution >= 4 is 42.8 Å². The van der Waals surface area contributed by atoms with E-state index in [1.54, 1.807) is 7.11 Å². The van der Waals surface area contributed by atoms with Crippen molar-refractivity contribution in [1.82, 2.24) is 0 Å². The van der Waals surface area contributed by atoms with Crippen LogP contribution in [0.2, 0.25) is 0 Å². The highest BCUT2D eigenvalue weighted by Gasteiger charge is 2.28. The molecule has 3 nitrogen and oxygen atoms in total. The van der Waals surface area contributed by atoms with Crippen molar-refractivity contribution in [3.05, 3.63) is 26.3 Å². The summed E-state index contributed by atoms with van der Waals surface area (Å²) in [4.78, 5) is 0. The van der Waals surface area contributed by atoms with Crippen LogP contribution >= 0.6 is 31.9 Å². The molecule has 0 unspecified atom stereocenters. The SMILES string of the molecule is COc1cc(Br)c2oc(CN)c(C(C)(C)C)c2c1Br. The van der Waals surface area contributed by atoms with Crippen LogP contribution in [0.5, 0.6) is 5.75 Å². The van der Waals surface area contributed by atoms with Gasteiger partial charge in [0.2, 0.25) is 0 Å². The molecule has 1 aromatic heterocycles. The fraction of sp³-hybridized carbons (Fsp3) is 0.429. The molecule has 0 bridgehead atoms. The van der Waals surface area contributed by atoms with Crippen molar-refractivity contribution in [2.24, 2.45) is 5.73 Å². The second kappa shape index (κ2) is 5.11. The van der Waals surface area contributed by atoms with Crippen LogP contribution in [0.25, 0.3) is 11.0 Å². The first kappa shape index (κ1) is 14.9. The lowest BCUT2D eigenvalue weighted by Gasteiger charge is -2.19. The molecule has 2 rings (SSSR count). The van der Waals surface area contributed by atoms with Gasteiger partial charge in [-0.2, -0.15) is 0 Å². The maximum atomic E-state index is 5.93. The van der Waals surface area contributed by atoms with Gasteiger partial charge in [0.1, 0.15) is 17.1 Å². The summed E-state index contributed by atoms with van der Waals surface area (Å²) in [5.74, 6) is 1.59. The minimum absolute atomic E-state index is 0.0612. The van der Waals surface area contributed by atoms with Crippen LogP contribution in [0.4, 0.5) is 0 Å². The molecule has 0 atom stereocenters. The van der Waals surface area contributed by atoms with Crippen LogP contribution in [0.15, 0.2) is 19.4 Å². The highest BCUT2D eigenvalue weighted by Crippen LogP contribution is 2.45. The number of benzene rings is 1. The molecule has 2 N–H and O–H groups in total. The van der Waals surface area contributed by atoms with Crippen LogP contribution in [0.1, 0.15) is 32.1 Å². The number of hydrogen-bond acceptors (Lipinski definition) is 3. The minimum Gasteiger partial charge on any atom is -0.496 e. The lowest BCUT2D eigenvalue weighted by atomic mass is 9.84. The second-order valence-electron chi connectivity index (χ2n) is 5.43. The molecule has 1 heterocycles. The molecule has 0 fully saturated rings. The molecule has 0 spiro atoms.